The lowest BCUT2D eigenvalue weighted by atomic mass is 10.1. The molecule has 1 aromatic carbocycles. The Hall–Kier alpha value is -1.76. The van der Waals surface area contributed by atoms with Gasteiger partial charge in [-0.15, -0.1) is 0 Å². The minimum atomic E-state index is -3.82. The summed E-state index contributed by atoms with van der Waals surface area (Å²) >= 11 is 0. The molecule has 2 aliphatic heterocycles. The van der Waals surface area contributed by atoms with Gasteiger partial charge in [0.2, 0.25) is 20.0 Å². The number of hydrogen-bond donors (Lipinski definition) is 1. The minimum Gasteiger partial charge on any atom is -0.468 e. The monoisotopic (exact) mass is 483 g/mol. The third kappa shape index (κ3) is 5.24. The molecule has 0 amide bonds. The molecule has 32 heavy (non-hydrogen) atoms. The van der Waals surface area contributed by atoms with E-state index in [1.54, 1.807) is 12.3 Å². The Morgan fingerprint density at radius 3 is 2.16 bits per heavy atom. The van der Waals surface area contributed by atoms with Crippen molar-refractivity contribution in [1.82, 2.24) is 13.9 Å². The number of sulfonamides is 2. The number of morpholine rings is 1. The molecule has 0 bridgehead atoms. The fraction of sp³-hybridized carbons (Fsp3) is 0.524. The van der Waals surface area contributed by atoms with E-state index in [2.05, 4.69) is 9.62 Å². The summed E-state index contributed by atoms with van der Waals surface area (Å²) in [5, 5.41) is 0. The summed E-state index contributed by atoms with van der Waals surface area (Å²) in [4.78, 5) is 2.33. The van der Waals surface area contributed by atoms with Gasteiger partial charge in [0.15, 0.2) is 0 Å². The molecule has 2 aliphatic rings. The van der Waals surface area contributed by atoms with Gasteiger partial charge >= 0.3 is 0 Å². The van der Waals surface area contributed by atoms with Crippen LogP contribution in [-0.2, 0) is 24.8 Å². The molecule has 4 rings (SSSR count). The second-order valence-corrected chi connectivity index (χ2v) is 11.7. The van der Waals surface area contributed by atoms with E-state index in [1.807, 2.05) is 6.07 Å². The number of furan rings is 1. The van der Waals surface area contributed by atoms with Crippen molar-refractivity contribution < 1.29 is 26.0 Å². The van der Waals surface area contributed by atoms with Crippen LogP contribution in [-0.4, -0.2) is 72.0 Å². The van der Waals surface area contributed by atoms with Crippen LogP contribution in [0.1, 0.15) is 31.1 Å². The summed E-state index contributed by atoms with van der Waals surface area (Å²) in [7, 11) is -7.49. The Labute approximate surface area is 189 Å². The van der Waals surface area contributed by atoms with Crippen molar-refractivity contribution in [2.75, 3.05) is 45.9 Å². The van der Waals surface area contributed by atoms with Gasteiger partial charge in [0.1, 0.15) is 5.76 Å². The van der Waals surface area contributed by atoms with Crippen molar-refractivity contribution in [3.63, 3.8) is 0 Å². The van der Waals surface area contributed by atoms with Gasteiger partial charge in [-0.25, -0.2) is 21.6 Å². The van der Waals surface area contributed by atoms with Crippen LogP contribution < -0.4 is 4.72 Å². The van der Waals surface area contributed by atoms with Crippen LogP contribution in [0.5, 0.6) is 0 Å². The summed E-state index contributed by atoms with van der Waals surface area (Å²) in [5.41, 5.74) is 0. The summed E-state index contributed by atoms with van der Waals surface area (Å²) in [6.45, 7) is 3.22. The first-order chi connectivity index (χ1) is 15.4. The molecular formula is C21H29N3O6S2. The standard InChI is InChI=1S/C21H29N3O6S2/c25-31(26,22-17-20(21-5-4-14-30-21)23-10-2-1-3-11-23)18-6-8-19(9-7-18)32(27,28)24-12-15-29-16-13-24/h4-9,14,20,22H,1-3,10-13,15-17H2. The smallest absolute Gasteiger partial charge is 0.243 e. The molecule has 2 fully saturated rings. The zero-order valence-electron chi connectivity index (χ0n) is 17.9. The lowest BCUT2D eigenvalue weighted by Crippen LogP contribution is -2.40. The largest absolute Gasteiger partial charge is 0.468 e. The highest BCUT2D eigenvalue weighted by molar-refractivity contribution is 7.89. The molecule has 176 valence electrons. The molecule has 0 saturated carbocycles. The maximum atomic E-state index is 12.9. The SMILES string of the molecule is O=S(=O)(NCC(c1ccco1)N1CCCCC1)c1ccc(S(=O)(=O)N2CCOCC2)cc1. The molecule has 0 radical (unpaired) electrons. The topological polar surface area (TPSA) is 109 Å². The van der Waals surface area contributed by atoms with E-state index in [4.69, 9.17) is 9.15 Å². The molecule has 1 N–H and O–H groups in total. The normalized spacial score (nSPS) is 20.2. The Balaban J connectivity index is 1.46. The van der Waals surface area contributed by atoms with Crippen LogP contribution in [0.4, 0.5) is 0 Å². The first-order valence-corrected chi connectivity index (χ1v) is 13.8. The quantitative estimate of drug-likeness (QED) is 0.610. The lowest BCUT2D eigenvalue weighted by molar-refractivity contribution is 0.0730. The molecule has 1 atom stereocenters. The Bertz CT molecular complexity index is 1070. The van der Waals surface area contributed by atoms with Gasteiger partial charge < -0.3 is 9.15 Å². The molecule has 1 aromatic heterocycles. The van der Waals surface area contributed by atoms with Crippen LogP contribution in [0.15, 0.2) is 56.9 Å². The van der Waals surface area contributed by atoms with Crippen LogP contribution in [0.2, 0.25) is 0 Å². The predicted octanol–water partition coefficient (Wildman–Crippen LogP) is 1.81. The van der Waals surface area contributed by atoms with Crippen LogP contribution in [0, 0.1) is 0 Å². The van der Waals surface area contributed by atoms with Gasteiger partial charge in [-0.3, -0.25) is 4.90 Å². The highest BCUT2D eigenvalue weighted by Crippen LogP contribution is 2.25. The molecule has 2 aromatic rings. The lowest BCUT2D eigenvalue weighted by Gasteiger charge is -2.33. The van der Waals surface area contributed by atoms with E-state index in [-0.39, 0.29) is 35.5 Å². The summed E-state index contributed by atoms with van der Waals surface area (Å²) in [5.74, 6) is 0.724. The number of benzene rings is 1. The summed E-state index contributed by atoms with van der Waals surface area (Å²) < 4.78 is 66.2. The molecular weight excluding hydrogens is 454 g/mol. The maximum absolute atomic E-state index is 12.9. The Morgan fingerprint density at radius 2 is 1.53 bits per heavy atom. The van der Waals surface area contributed by atoms with Gasteiger partial charge in [-0.1, -0.05) is 6.42 Å². The van der Waals surface area contributed by atoms with E-state index < -0.39 is 20.0 Å². The zero-order valence-corrected chi connectivity index (χ0v) is 19.5. The zero-order chi connectivity index (χ0) is 22.6. The molecule has 0 spiro atoms. The van der Waals surface area contributed by atoms with Gasteiger partial charge in [0.25, 0.3) is 0 Å². The minimum absolute atomic E-state index is 0.0234. The number of hydrogen-bond acceptors (Lipinski definition) is 7. The van der Waals surface area contributed by atoms with Crippen molar-refractivity contribution in [2.45, 2.75) is 35.1 Å². The van der Waals surface area contributed by atoms with E-state index in [9.17, 15) is 16.8 Å². The second kappa shape index (κ2) is 10.0. The Kier molecular flexibility index (Phi) is 7.33. The molecule has 11 heteroatoms. The molecule has 9 nitrogen and oxygen atoms in total. The fourth-order valence-electron chi connectivity index (χ4n) is 4.12. The maximum Gasteiger partial charge on any atom is 0.243 e. The number of nitrogens with zero attached hydrogens (tertiary/aromatic N) is 2. The van der Waals surface area contributed by atoms with Crippen molar-refractivity contribution in [2.24, 2.45) is 0 Å². The first kappa shape index (κ1) is 23.4. The molecule has 1 unspecified atom stereocenters. The first-order valence-electron chi connectivity index (χ1n) is 10.8. The predicted molar refractivity (Wildman–Crippen MR) is 118 cm³/mol. The average molecular weight is 484 g/mol. The number of likely N-dealkylation sites (tertiary alicyclic amines) is 1. The van der Waals surface area contributed by atoms with Gasteiger partial charge in [0, 0.05) is 19.6 Å². The van der Waals surface area contributed by atoms with Crippen LogP contribution in [0.25, 0.3) is 0 Å². The van der Waals surface area contributed by atoms with E-state index >= 15 is 0 Å². The fourth-order valence-corrected chi connectivity index (χ4v) is 6.57. The Morgan fingerprint density at radius 1 is 0.875 bits per heavy atom. The van der Waals surface area contributed by atoms with E-state index in [0.29, 0.717) is 13.2 Å². The van der Waals surface area contributed by atoms with Crippen LogP contribution in [0.3, 0.4) is 0 Å². The van der Waals surface area contributed by atoms with E-state index in [1.165, 1.54) is 35.0 Å². The number of ether oxygens (including phenoxy) is 1. The third-order valence-electron chi connectivity index (χ3n) is 5.91. The molecule has 0 aliphatic carbocycles. The average Bonchev–Trinajstić information content (AvgIpc) is 3.35. The van der Waals surface area contributed by atoms with Gasteiger partial charge in [-0.05, 0) is 62.3 Å². The van der Waals surface area contributed by atoms with Crippen molar-refractivity contribution >= 4 is 20.0 Å². The number of rotatable bonds is 8. The second-order valence-electron chi connectivity index (χ2n) is 7.97. The van der Waals surface area contributed by atoms with E-state index in [0.717, 1.165) is 31.7 Å². The highest BCUT2D eigenvalue weighted by Gasteiger charge is 2.28. The van der Waals surface area contributed by atoms with Crippen molar-refractivity contribution in [3.8, 4) is 0 Å². The number of piperidine rings is 1. The highest BCUT2D eigenvalue weighted by atomic mass is 32.2. The van der Waals surface area contributed by atoms with Crippen LogP contribution >= 0.6 is 0 Å². The summed E-state index contributed by atoms with van der Waals surface area (Å²) in [6.07, 6.45) is 4.91. The third-order valence-corrected chi connectivity index (χ3v) is 9.26. The van der Waals surface area contributed by atoms with Gasteiger partial charge in [-0.2, -0.15) is 4.31 Å². The van der Waals surface area contributed by atoms with Crippen molar-refractivity contribution in [1.29, 1.82) is 0 Å². The molecule has 3 heterocycles. The summed E-state index contributed by atoms with van der Waals surface area (Å²) in [6, 6.07) is 8.81. The molecule has 2 saturated heterocycles. The van der Waals surface area contributed by atoms with Crippen molar-refractivity contribution in [3.05, 3.63) is 48.4 Å². The van der Waals surface area contributed by atoms with Gasteiger partial charge in [0.05, 0.1) is 35.3 Å². The number of nitrogens with one attached hydrogen (secondary N) is 1.